The molecule has 0 aliphatic heterocycles. The third kappa shape index (κ3) is 5.72. The fourth-order valence-electron chi connectivity index (χ4n) is 5.04. The van der Waals surface area contributed by atoms with Crippen LogP contribution in [0.15, 0.2) is 146 Å². The molecular formula is C36H24FeN6+2. The Labute approximate surface area is 258 Å². The Kier molecular flexibility index (Phi) is 8.18. The van der Waals surface area contributed by atoms with Crippen LogP contribution in [0.25, 0.3) is 65.4 Å². The summed E-state index contributed by atoms with van der Waals surface area (Å²) in [7, 11) is 0. The number of hydrogen-bond donors (Lipinski definition) is 0. The molecule has 9 rings (SSSR count). The number of fused-ring (bicyclic) bond motifs is 9. The van der Waals surface area contributed by atoms with Crippen molar-refractivity contribution in [3.05, 3.63) is 146 Å². The van der Waals surface area contributed by atoms with E-state index >= 15 is 0 Å². The average molecular weight is 596 g/mol. The number of pyridine rings is 6. The van der Waals surface area contributed by atoms with Crippen molar-refractivity contribution in [3.8, 4) is 0 Å². The molecule has 0 bridgehead atoms. The first-order valence-electron chi connectivity index (χ1n) is 13.6. The van der Waals surface area contributed by atoms with Crippen molar-refractivity contribution in [2.45, 2.75) is 0 Å². The second kappa shape index (κ2) is 12.7. The van der Waals surface area contributed by atoms with Crippen LogP contribution in [0.5, 0.6) is 0 Å². The molecule has 0 atom stereocenters. The Morgan fingerprint density at radius 2 is 0.395 bits per heavy atom. The van der Waals surface area contributed by atoms with E-state index in [1.807, 2.05) is 36.4 Å². The standard InChI is InChI=1S/3C12H8N2.Fe/c3*1-3-9-5-6-10-4-2-8-14-12(10)11(9)13-7-1;/h3*1-8H;/q;;;+2. The van der Waals surface area contributed by atoms with Crippen molar-refractivity contribution < 1.29 is 17.1 Å². The summed E-state index contributed by atoms with van der Waals surface area (Å²) < 4.78 is 0. The predicted octanol–water partition coefficient (Wildman–Crippen LogP) is 8.35. The van der Waals surface area contributed by atoms with Crippen molar-refractivity contribution in [1.82, 2.24) is 29.9 Å². The molecule has 6 nitrogen and oxygen atoms in total. The van der Waals surface area contributed by atoms with Gasteiger partial charge in [0, 0.05) is 69.5 Å². The molecule has 0 radical (unpaired) electrons. The van der Waals surface area contributed by atoms with Gasteiger partial charge >= 0.3 is 17.1 Å². The molecule has 0 aliphatic carbocycles. The van der Waals surface area contributed by atoms with E-state index in [4.69, 9.17) is 0 Å². The Bertz CT molecular complexity index is 1910. The van der Waals surface area contributed by atoms with Crippen LogP contribution in [-0.4, -0.2) is 29.9 Å². The zero-order valence-corrected chi connectivity index (χ0v) is 24.0. The van der Waals surface area contributed by atoms with Crippen molar-refractivity contribution in [2.75, 3.05) is 0 Å². The fourth-order valence-corrected chi connectivity index (χ4v) is 5.04. The quantitative estimate of drug-likeness (QED) is 0.129. The van der Waals surface area contributed by atoms with Gasteiger partial charge in [0.25, 0.3) is 0 Å². The molecule has 6 aromatic heterocycles. The van der Waals surface area contributed by atoms with Gasteiger partial charge in [-0.2, -0.15) is 0 Å². The molecule has 0 spiro atoms. The Morgan fingerprint density at radius 1 is 0.233 bits per heavy atom. The first kappa shape index (κ1) is 27.8. The maximum absolute atomic E-state index is 4.35. The molecule has 43 heavy (non-hydrogen) atoms. The monoisotopic (exact) mass is 596 g/mol. The van der Waals surface area contributed by atoms with E-state index in [1.165, 1.54) is 0 Å². The molecule has 0 N–H and O–H groups in total. The Hall–Kier alpha value is -5.36. The zero-order valence-electron chi connectivity index (χ0n) is 22.9. The summed E-state index contributed by atoms with van der Waals surface area (Å²) in [5.74, 6) is 0. The third-order valence-electron chi connectivity index (χ3n) is 7.03. The van der Waals surface area contributed by atoms with Gasteiger partial charge in [-0.1, -0.05) is 72.8 Å². The van der Waals surface area contributed by atoms with E-state index in [9.17, 15) is 0 Å². The van der Waals surface area contributed by atoms with Crippen LogP contribution in [0, 0.1) is 0 Å². The molecule has 0 aliphatic rings. The van der Waals surface area contributed by atoms with E-state index < -0.39 is 0 Å². The van der Waals surface area contributed by atoms with E-state index in [1.54, 1.807) is 37.2 Å². The first-order chi connectivity index (χ1) is 20.8. The van der Waals surface area contributed by atoms with E-state index in [2.05, 4.69) is 103 Å². The zero-order chi connectivity index (χ0) is 28.1. The minimum atomic E-state index is 0. The normalized spacial score (nSPS) is 10.6. The summed E-state index contributed by atoms with van der Waals surface area (Å²) in [6, 6.07) is 36.4. The van der Waals surface area contributed by atoms with Gasteiger partial charge in [-0.25, -0.2) is 0 Å². The average Bonchev–Trinajstić information content (AvgIpc) is 3.09. The van der Waals surface area contributed by atoms with Gasteiger partial charge in [-0.15, -0.1) is 0 Å². The van der Waals surface area contributed by atoms with Crippen LogP contribution < -0.4 is 0 Å². The molecule has 7 heteroatoms. The molecular weight excluding hydrogens is 572 g/mol. The van der Waals surface area contributed by atoms with Gasteiger partial charge in [-0.05, 0) is 36.4 Å². The van der Waals surface area contributed by atoms with Crippen LogP contribution >= 0.6 is 0 Å². The van der Waals surface area contributed by atoms with Crippen molar-refractivity contribution >= 4 is 65.4 Å². The maximum atomic E-state index is 4.35. The second-order valence-electron chi connectivity index (χ2n) is 9.65. The first-order valence-corrected chi connectivity index (χ1v) is 13.6. The summed E-state index contributed by atoms with van der Waals surface area (Å²) in [6.07, 6.45) is 10.8. The van der Waals surface area contributed by atoms with Gasteiger partial charge in [-0.3, -0.25) is 29.9 Å². The number of benzene rings is 3. The molecule has 6 heterocycles. The molecule has 0 fully saturated rings. The molecule has 9 aromatic rings. The van der Waals surface area contributed by atoms with Crippen LogP contribution in [-0.2, 0) is 17.1 Å². The fraction of sp³-hybridized carbons (Fsp3) is 0. The molecule has 0 unspecified atom stereocenters. The van der Waals surface area contributed by atoms with Crippen LogP contribution in [0.3, 0.4) is 0 Å². The van der Waals surface area contributed by atoms with Crippen molar-refractivity contribution in [3.63, 3.8) is 0 Å². The summed E-state index contributed by atoms with van der Waals surface area (Å²) >= 11 is 0. The van der Waals surface area contributed by atoms with Gasteiger partial charge in [0.2, 0.25) is 0 Å². The smallest absolute Gasteiger partial charge is 0.254 e. The number of rotatable bonds is 0. The molecule has 0 saturated carbocycles. The van der Waals surface area contributed by atoms with Crippen LogP contribution in [0.1, 0.15) is 0 Å². The largest absolute Gasteiger partial charge is 2.00 e. The molecule has 204 valence electrons. The van der Waals surface area contributed by atoms with E-state index in [-0.39, 0.29) is 17.1 Å². The second-order valence-corrected chi connectivity index (χ2v) is 9.65. The van der Waals surface area contributed by atoms with E-state index in [0.29, 0.717) is 0 Å². The Balaban J connectivity index is 0.000000113. The minimum Gasteiger partial charge on any atom is -0.254 e. The van der Waals surface area contributed by atoms with Crippen molar-refractivity contribution in [2.24, 2.45) is 0 Å². The summed E-state index contributed by atoms with van der Waals surface area (Å²) in [6.45, 7) is 0. The van der Waals surface area contributed by atoms with Gasteiger partial charge < -0.3 is 0 Å². The number of nitrogens with zero attached hydrogens (tertiary/aromatic N) is 6. The van der Waals surface area contributed by atoms with Gasteiger partial charge in [0.1, 0.15) is 0 Å². The molecule has 0 saturated heterocycles. The van der Waals surface area contributed by atoms with Gasteiger partial charge in [0.05, 0.1) is 33.1 Å². The maximum Gasteiger partial charge on any atom is 2.00 e. The number of aromatic nitrogens is 6. The summed E-state index contributed by atoms with van der Waals surface area (Å²) in [5, 5.41) is 6.83. The minimum absolute atomic E-state index is 0. The number of hydrogen-bond acceptors (Lipinski definition) is 6. The Morgan fingerprint density at radius 3 is 0.558 bits per heavy atom. The summed E-state index contributed by atoms with van der Waals surface area (Å²) in [4.78, 5) is 26.1. The van der Waals surface area contributed by atoms with Crippen molar-refractivity contribution in [1.29, 1.82) is 0 Å². The molecule has 0 amide bonds. The summed E-state index contributed by atoms with van der Waals surface area (Å²) in [5.41, 5.74) is 5.86. The van der Waals surface area contributed by atoms with Crippen LogP contribution in [0.4, 0.5) is 0 Å². The molecule has 3 aromatic carbocycles. The SMILES string of the molecule is [Fe+2].c1cnc2c(c1)ccc1cccnc12.c1cnc2c(c1)ccc1cccnc12.c1cnc2c(c1)ccc1cccnc12. The van der Waals surface area contributed by atoms with Gasteiger partial charge in [0.15, 0.2) is 0 Å². The van der Waals surface area contributed by atoms with E-state index in [0.717, 1.165) is 65.4 Å². The van der Waals surface area contributed by atoms with Crippen LogP contribution in [0.2, 0.25) is 0 Å². The predicted molar refractivity (Wildman–Crippen MR) is 171 cm³/mol. The topological polar surface area (TPSA) is 77.3 Å². The third-order valence-corrected chi connectivity index (χ3v) is 7.03.